The van der Waals surface area contributed by atoms with E-state index in [1.807, 2.05) is 37.5 Å². The Morgan fingerprint density at radius 3 is 2.92 bits per heavy atom. The summed E-state index contributed by atoms with van der Waals surface area (Å²) in [5.41, 5.74) is 1.16. The highest BCUT2D eigenvalue weighted by atomic mass is 16.5. The third-order valence-corrected chi connectivity index (χ3v) is 4.52. The molecule has 1 aromatic carbocycles. The monoisotopic (exact) mass is 350 g/mol. The van der Waals surface area contributed by atoms with Crippen LogP contribution in [0.3, 0.4) is 0 Å². The number of likely N-dealkylation sites (N-methyl/N-ethyl adjacent to an activating group) is 2. The van der Waals surface area contributed by atoms with Crippen molar-refractivity contribution in [2.45, 2.75) is 13.0 Å². The smallest absolute Gasteiger partial charge is 0.173 e. The standard InChI is InChI=1S/C19H22N6O/c1-3-24-14-15(26-17-8-5-4-7-16(17)24)13-23(2)18-11-20-12-19(22-18)25-10-6-9-21-25/h4-12,15H,3,13-14H2,1-2H3/t15-/m1/s1. The van der Waals surface area contributed by atoms with Crippen LogP contribution in [0.5, 0.6) is 5.75 Å². The summed E-state index contributed by atoms with van der Waals surface area (Å²) in [5, 5.41) is 4.21. The van der Waals surface area contributed by atoms with E-state index >= 15 is 0 Å². The Labute approximate surface area is 152 Å². The molecule has 0 bridgehead atoms. The molecule has 4 rings (SSSR count). The zero-order valence-electron chi connectivity index (χ0n) is 15.0. The fourth-order valence-corrected chi connectivity index (χ4v) is 3.22. The number of anilines is 2. The number of benzene rings is 1. The molecule has 0 saturated heterocycles. The molecular formula is C19H22N6O. The van der Waals surface area contributed by atoms with Crippen LogP contribution in [0.1, 0.15) is 6.92 Å². The van der Waals surface area contributed by atoms with Crippen LogP contribution >= 0.6 is 0 Å². The third-order valence-electron chi connectivity index (χ3n) is 4.52. The molecule has 0 unspecified atom stereocenters. The highest BCUT2D eigenvalue weighted by Gasteiger charge is 2.25. The minimum absolute atomic E-state index is 0.0602. The third kappa shape index (κ3) is 3.20. The first-order valence-corrected chi connectivity index (χ1v) is 8.78. The zero-order chi connectivity index (χ0) is 17.9. The molecule has 26 heavy (non-hydrogen) atoms. The lowest BCUT2D eigenvalue weighted by Gasteiger charge is -2.37. The first kappa shape index (κ1) is 16.4. The SMILES string of the molecule is CCN1C[C@@H](CN(C)c2cncc(-n3cccn3)n2)Oc2ccccc21. The molecule has 3 aromatic rings. The molecule has 1 aliphatic heterocycles. The van der Waals surface area contributed by atoms with E-state index in [4.69, 9.17) is 4.74 Å². The Balaban J connectivity index is 1.50. The van der Waals surface area contributed by atoms with Gasteiger partial charge in [-0.2, -0.15) is 5.10 Å². The summed E-state index contributed by atoms with van der Waals surface area (Å²) >= 11 is 0. The van der Waals surface area contributed by atoms with Gasteiger partial charge >= 0.3 is 0 Å². The highest BCUT2D eigenvalue weighted by Crippen LogP contribution is 2.33. The van der Waals surface area contributed by atoms with Crippen LogP contribution in [0.15, 0.2) is 55.1 Å². The number of hydrogen-bond donors (Lipinski definition) is 0. The van der Waals surface area contributed by atoms with Gasteiger partial charge in [0, 0.05) is 26.0 Å². The fraction of sp³-hybridized carbons (Fsp3) is 0.316. The predicted octanol–water partition coefficient (Wildman–Crippen LogP) is 2.39. The number of hydrogen-bond acceptors (Lipinski definition) is 6. The van der Waals surface area contributed by atoms with Crippen molar-refractivity contribution >= 4 is 11.5 Å². The lowest BCUT2D eigenvalue weighted by atomic mass is 10.2. The fourth-order valence-electron chi connectivity index (χ4n) is 3.22. The summed E-state index contributed by atoms with van der Waals surface area (Å²) in [7, 11) is 2.01. The number of rotatable bonds is 5. The molecule has 1 atom stereocenters. The molecule has 3 heterocycles. The van der Waals surface area contributed by atoms with Crippen LogP contribution in [0, 0.1) is 0 Å². The van der Waals surface area contributed by atoms with Gasteiger partial charge in [-0.1, -0.05) is 12.1 Å². The average molecular weight is 350 g/mol. The maximum absolute atomic E-state index is 6.21. The number of nitrogens with zero attached hydrogens (tertiary/aromatic N) is 6. The number of ether oxygens (including phenoxy) is 1. The lowest BCUT2D eigenvalue weighted by molar-refractivity contribution is 0.200. The highest BCUT2D eigenvalue weighted by molar-refractivity contribution is 5.60. The van der Waals surface area contributed by atoms with Gasteiger partial charge in [-0.25, -0.2) is 9.67 Å². The van der Waals surface area contributed by atoms with Crippen molar-refractivity contribution in [3.05, 3.63) is 55.1 Å². The van der Waals surface area contributed by atoms with Gasteiger partial charge < -0.3 is 14.5 Å². The molecule has 0 amide bonds. The van der Waals surface area contributed by atoms with E-state index in [2.05, 4.69) is 37.9 Å². The second-order valence-corrected chi connectivity index (χ2v) is 6.31. The summed E-state index contributed by atoms with van der Waals surface area (Å²) in [4.78, 5) is 13.4. The van der Waals surface area contributed by atoms with Gasteiger partial charge in [0.2, 0.25) is 0 Å². The zero-order valence-corrected chi connectivity index (χ0v) is 15.0. The van der Waals surface area contributed by atoms with Crippen molar-refractivity contribution in [2.24, 2.45) is 0 Å². The predicted molar refractivity (Wildman–Crippen MR) is 101 cm³/mol. The van der Waals surface area contributed by atoms with Gasteiger partial charge in [-0.15, -0.1) is 0 Å². The van der Waals surface area contributed by atoms with Crippen molar-refractivity contribution < 1.29 is 4.74 Å². The average Bonchev–Trinajstić information content (AvgIpc) is 3.22. The maximum Gasteiger partial charge on any atom is 0.173 e. The van der Waals surface area contributed by atoms with Gasteiger partial charge in [0.25, 0.3) is 0 Å². The second-order valence-electron chi connectivity index (χ2n) is 6.31. The molecule has 2 aromatic heterocycles. The van der Waals surface area contributed by atoms with E-state index in [-0.39, 0.29) is 6.10 Å². The topological polar surface area (TPSA) is 59.3 Å². The van der Waals surface area contributed by atoms with E-state index in [1.165, 1.54) is 0 Å². The van der Waals surface area contributed by atoms with Crippen LogP contribution in [0.4, 0.5) is 11.5 Å². The minimum Gasteiger partial charge on any atom is -0.485 e. The summed E-state index contributed by atoms with van der Waals surface area (Å²) < 4.78 is 7.91. The van der Waals surface area contributed by atoms with Crippen molar-refractivity contribution in [3.63, 3.8) is 0 Å². The van der Waals surface area contributed by atoms with Crippen molar-refractivity contribution in [2.75, 3.05) is 36.5 Å². The summed E-state index contributed by atoms with van der Waals surface area (Å²) in [6.45, 7) is 4.70. The van der Waals surface area contributed by atoms with Crippen LogP contribution in [0.25, 0.3) is 5.82 Å². The molecule has 0 aliphatic carbocycles. The Morgan fingerprint density at radius 2 is 2.12 bits per heavy atom. The van der Waals surface area contributed by atoms with E-state index in [0.29, 0.717) is 5.82 Å². The molecule has 0 N–H and O–H groups in total. The largest absolute Gasteiger partial charge is 0.485 e. The summed E-state index contributed by atoms with van der Waals surface area (Å²) in [5.74, 6) is 2.43. The van der Waals surface area contributed by atoms with Gasteiger partial charge in [-0.05, 0) is 25.1 Å². The molecule has 0 radical (unpaired) electrons. The first-order valence-electron chi connectivity index (χ1n) is 8.78. The Bertz CT molecular complexity index is 866. The molecule has 134 valence electrons. The molecule has 7 heteroatoms. The molecule has 1 aliphatic rings. The first-order chi connectivity index (χ1) is 12.7. The Morgan fingerprint density at radius 1 is 1.23 bits per heavy atom. The van der Waals surface area contributed by atoms with E-state index < -0.39 is 0 Å². The van der Waals surface area contributed by atoms with E-state index in [9.17, 15) is 0 Å². The second kappa shape index (κ2) is 7.03. The van der Waals surface area contributed by atoms with Gasteiger partial charge in [0.15, 0.2) is 5.82 Å². The summed E-state index contributed by atoms with van der Waals surface area (Å²) in [6, 6.07) is 10.1. The van der Waals surface area contributed by atoms with Gasteiger partial charge in [-0.3, -0.25) is 4.98 Å². The summed E-state index contributed by atoms with van der Waals surface area (Å²) in [6.07, 6.45) is 7.11. The normalized spacial score (nSPS) is 16.1. The Hall–Kier alpha value is -3.09. The van der Waals surface area contributed by atoms with Crippen LogP contribution < -0.4 is 14.5 Å². The quantitative estimate of drug-likeness (QED) is 0.704. The number of fused-ring (bicyclic) bond motifs is 1. The number of para-hydroxylation sites is 2. The molecular weight excluding hydrogens is 328 g/mol. The van der Waals surface area contributed by atoms with Crippen molar-refractivity contribution in [3.8, 4) is 11.6 Å². The van der Waals surface area contributed by atoms with E-state index in [1.54, 1.807) is 23.3 Å². The molecule has 0 saturated carbocycles. The van der Waals surface area contributed by atoms with Crippen molar-refractivity contribution in [1.82, 2.24) is 19.7 Å². The van der Waals surface area contributed by atoms with Crippen LogP contribution in [-0.4, -0.2) is 52.5 Å². The number of aromatic nitrogens is 4. The van der Waals surface area contributed by atoms with Crippen molar-refractivity contribution in [1.29, 1.82) is 0 Å². The Kier molecular flexibility index (Phi) is 4.43. The van der Waals surface area contributed by atoms with E-state index in [0.717, 1.165) is 36.9 Å². The maximum atomic E-state index is 6.21. The van der Waals surface area contributed by atoms with Gasteiger partial charge in [0.05, 0.1) is 31.2 Å². The minimum atomic E-state index is 0.0602. The molecule has 7 nitrogen and oxygen atoms in total. The molecule has 0 spiro atoms. The lowest BCUT2D eigenvalue weighted by Crippen LogP contribution is -2.45. The van der Waals surface area contributed by atoms with Crippen LogP contribution in [0.2, 0.25) is 0 Å². The van der Waals surface area contributed by atoms with Crippen LogP contribution in [-0.2, 0) is 0 Å². The molecule has 0 fully saturated rings. The van der Waals surface area contributed by atoms with Gasteiger partial charge in [0.1, 0.15) is 17.7 Å².